The second kappa shape index (κ2) is 0.329. The molecule has 0 aromatic rings. The smallest absolute Gasteiger partial charge is 0.260 e. The molecule has 3 heteroatoms. The van der Waals surface area contributed by atoms with Gasteiger partial charge < -0.3 is 0 Å². The summed E-state index contributed by atoms with van der Waals surface area (Å²) in [5.41, 5.74) is 0. The lowest BCUT2D eigenvalue weighted by molar-refractivity contribution is -0.113. The summed E-state index contributed by atoms with van der Waals surface area (Å²) in [7, 11) is 0. The van der Waals surface area contributed by atoms with Crippen molar-refractivity contribution in [1.29, 1.82) is 5.41 Å². The van der Waals surface area contributed by atoms with Crippen molar-refractivity contribution in [1.82, 2.24) is 4.90 Å². The topological polar surface area (TPSA) is 43.9 Å². The van der Waals surface area contributed by atoms with Crippen LogP contribution >= 0.6 is 0 Å². The van der Waals surface area contributed by atoms with Gasteiger partial charge in [-0.1, -0.05) is 0 Å². The van der Waals surface area contributed by atoms with Gasteiger partial charge in [-0.15, -0.1) is 0 Å². The molecule has 1 amide bonds. The second-order valence-electron chi connectivity index (χ2n) is 1.50. The quantitative estimate of drug-likeness (QED) is 0.301. The molecule has 1 N–H and O–H groups in total. The van der Waals surface area contributed by atoms with Crippen LogP contribution in [0.15, 0.2) is 0 Å². The number of hydrogen-bond donors (Lipinski definition) is 1. The third-order valence-electron chi connectivity index (χ3n) is 1.11. The summed E-state index contributed by atoms with van der Waals surface area (Å²) in [6.07, 6.45) is 0. The number of nitrogens with zero attached hydrogens (tertiary/aromatic N) is 1. The van der Waals surface area contributed by atoms with E-state index in [1.54, 1.807) is 0 Å². The van der Waals surface area contributed by atoms with Gasteiger partial charge in [0, 0.05) is 0 Å². The average Bonchev–Trinajstić information content (AvgIpc) is 2.28. The molecule has 2 heterocycles. The Kier molecular flexibility index (Phi) is 0.128. The second-order valence-corrected chi connectivity index (χ2v) is 1.50. The fourth-order valence-electron chi connectivity index (χ4n) is 0.542. The summed E-state index contributed by atoms with van der Waals surface area (Å²) in [4.78, 5) is 11.4. The van der Waals surface area contributed by atoms with Gasteiger partial charge in [-0.3, -0.25) is 15.1 Å². The molecule has 2 saturated heterocycles. The van der Waals surface area contributed by atoms with Crippen LogP contribution in [0.4, 0.5) is 0 Å². The van der Waals surface area contributed by atoms with E-state index in [0.29, 0.717) is 5.84 Å². The molecule has 2 rings (SSSR count). The van der Waals surface area contributed by atoms with E-state index in [1.165, 1.54) is 4.90 Å². The van der Waals surface area contributed by atoms with Gasteiger partial charge in [0.15, 0.2) is 6.04 Å². The molecule has 2 aliphatic heterocycles. The van der Waals surface area contributed by atoms with Crippen molar-refractivity contribution in [2.75, 3.05) is 0 Å². The number of carbonyl (C=O) groups excluding carboxylic acids is 1. The van der Waals surface area contributed by atoms with Crippen LogP contribution in [-0.4, -0.2) is 22.7 Å². The molecule has 6 heavy (non-hydrogen) atoms. The highest BCUT2D eigenvalue weighted by Crippen LogP contribution is 2.38. The van der Waals surface area contributed by atoms with Crippen LogP contribution in [0.2, 0.25) is 0 Å². The Balaban J connectivity index is 2.42. The Labute approximate surface area is 34.1 Å². The zero-order valence-electron chi connectivity index (χ0n) is 2.93. The summed E-state index contributed by atoms with van der Waals surface area (Å²) in [5.74, 6) is 0.625. The standard InChI is InChI=1S/C3H2N2O/c4-2-1-3(6)5(1)2/h1,4H. The molecule has 0 aromatic heterocycles. The number of fused-ring (bicyclic) bond motifs is 1. The van der Waals surface area contributed by atoms with Crippen molar-refractivity contribution in [2.24, 2.45) is 0 Å². The van der Waals surface area contributed by atoms with Crippen molar-refractivity contribution in [2.45, 2.75) is 6.04 Å². The van der Waals surface area contributed by atoms with Crippen LogP contribution in [0.3, 0.4) is 0 Å². The maximum Gasteiger partial charge on any atom is 0.260 e. The Morgan fingerprint density at radius 2 is 2.33 bits per heavy atom. The SMILES string of the molecule is N=C1C2C(=O)N12. The molecule has 0 saturated carbocycles. The fourth-order valence-corrected chi connectivity index (χ4v) is 0.542. The summed E-state index contributed by atoms with van der Waals surface area (Å²) in [6, 6.07) is -0.0370. The number of amidine groups is 1. The average molecular weight is 82.1 g/mol. The monoisotopic (exact) mass is 82.0 g/mol. The van der Waals surface area contributed by atoms with Crippen molar-refractivity contribution in [3.05, 3.63) is 0 Å². The molecule has 0 bridgehead atoms. The number of amides is 1. The van der Waals surface area contributed by atoms with Crippen molar-refractivity contribution in [3.63, 3.8) is 0 Å². The molecule has 1 unspecified atom stereocenters. The normalized spacial score (nSPS) is 36.7. The van der Waals surface area contributed by atoms with E-state index in [9.17, 15) is 4.79 Å². The molecule has 2 fully saturated rings. The van der Waals surface area contributed by atoms with E-state index < -0.39 is 0 Å². The largest absolute Gasteiger partial charge is 0.286 e. The highest BCUT2D eigenvalue weighted by Gasteiger charge is 2.69. The molecule has 1 atom stereocenters. The first-order valence-corrected chi connectivity index (χ1v) is 1.74. The lowest BCUT2D eigenvalue weighted by atomic mass is 10.5. The Bertz CT molecular complexity index is 121. The van der Waals surface area contributed by atoms with Gasteiger partial charge in [-0.25, -0.2) is 0 Å². The maximum absolute atomic E-state index is 9.93. The molecule has 0 spiro atoms. The summed E-state index contributed by atoms with van der Waals surface area (Å²) in [5, 5.41) is 6.70. The van der Waals surface area contributed by atoms with Crippen LogP contribution in [0, 0.1) is 5.41 Å². The van der Waals surface area contributed by atoms with Gasteiger partial charge in [-0.05, 0) is 0 Å². The van der Waals surface area contributed by atoms with E-state index in [0.717, 1.165) is 0 Å². The van der Waals surface area contributed by atoms with Crippen molar-refractivity contribution >= 4 is 11.7 Å². The summed E-state index contributed by atoms with van der Waals surface area (Å²) >= 11 is 0. The highest BCUT2D eigenvalue weighted by atomic mass is 16.2. The lowest BCUT2D eigenvalue weighted by Crippen LogP contribution is -2.00. The Morgan fingerprint density at radius 1 is 1.83 bits per heavy atom. The fraction of sp³-hybridized carbons (Fsp3) is 0.333. The van der Waals surface area contributed by atoms with E-state index in [1.807, 2.05) is 0 Å². The van der Waals surface area contributed by atoms with E-state index >= 15 is 0 Å². The first kappa shape index (κ1) is 2.34. The highest BCUT2D eigenvalue weighted by molar-refractivity contribution is 6.40. The number of β-lactam (4-membered cyclic amide) rings is 1. The predicted octanol–water partition coefficient (Wildman–Crippen LogP) is -0.812. The first-order valence-electron chi connectivity index (χ1n) is 1.74. The predicted molar refractivity (Wildman–Crippen MR) is 18.4 cm³/mol. The van der Waals surface area contributed by atoms with Crippen LogP contribution in [-0.2, 0) is 4.79 Å². The third kappa shape index (κ3) is 0.0627. The van der Waals surface area contributed by atoms with Crippen LogP contribution in [0.1, 0.15) is 0 Å². The van der Waals surface area contributed by atoms with Crippen LogP contribution in [0.5, 0.6) is 0 Å². The minimum absolute atomic E-state index is 0.0370. The molecular formula is C3H2N2O. The Morgan fingerprint density at radius 3 is 2.33 bits per heavy atom. The van der Waals surface area contributed by atoms with Gasteiger partial charge in [0.1, 0.15) is 5.84 Å². The summed E-state index contributed by atoms with van der Waals surface area (Å²) in [6.45, 7) is 0. The number of nitrogens with one attached hydrogen (secondary N) is 1. The van der Waals surface area contributed by atoms with Gasteiger partial charge in [0.25, 0.3) is 5.91 Å². The molecule has 3 nitrogen and oxygen atoms in total. The zero-order valence-corrected chi connectivity index (χ0v) is 2.93. The molecule has 30 valence electrons. The summed E-state index contributed by atoms with van der Waals surface area (Å²) < 4.78 is 0. The molecule has 2 aliphatic rings. The van der Waals surface area contributed by atoms with E-state index in [4.69, 9.17) is 5.41 Å². The van der Waals surface area contributed by atoms with Gasteiger partial charge in [-0.2, -0.15) is 0 Å². The number of hydrogen-bond acceptors (Lipinski definition) is 2. The molecule has 0 radical (unpaired) electrons. The van der Waals surface area contributed by atoms with E-state index in [2.05, 4.69) is 0 Å². The molecular weight excluding hydrogens is 80.0 g/mol. The third-order valence-corrected chi connectivity index (χ3v) is 1.11. The molecule has 0 aromatic carbocycles. The van der Waals surface area contributed by atoms with Gasteiger partial charge in [0.05, 0.1) is 0 Å². The molecule has 0 aliphatic carbocycles. The van der Waals surface area contributed by atoms with Crippen molar-refractivity contribution < 1.29 is 4.79 Å². The van der Waals surface area contributed by atoms with Gasteiger partial charge >= 0.3 is 0 Å². The van der Waals surface area contributed by atoms with Crippen LogP contribution in [0.25, 0.3) is 0 Å². The minimum atomic E-state index is -0.0370. The van der Waals surface area contributed by atoms with Gasteiger partial charge in [0.2, 0.25) is 0 Å². The Hall–Kier alpha value is -0.860. The number of carbonyl (C=O) groups is 1. The minimum Gasteiger partial charge on any atom is -0.286 e. The van der Waals surface area contributed by atoms with Crippen molar-refractivity contribution in [3.8, 4) is 0 Å². The van der Waals surface area contributed by atoms with Crippen LogP contribution < -0.4 is 0 Å². The number of rotatable bonds is 0. The first-order chi connectivity index (χ1) is 2.82. The zero-order chi connectivity index (χ0) is 4.31. The lowest BCUT2D eigenvalue weighted by Gasteiger charge is -1.71. The maximum atomic E-state index is 9.93. The van der Waals surface area contributed by atoms with E-state index in [-0.39, 0.29) is 11.9 Å².